The van der Waals surface area contributed by atoms with Crippen molar-refractivity contribution in [1.29, 1.82) is 0 Å². The Labute approximate surface area is 126 Å². The second-order valence-electron chi connectivity index (χ2n) is 5.06. The van der Waals surface area contributed by atoms with Gasteiger partial charge in [0.1, 0.15) is 11.6 Å². The zero-order chi connectivity index (χ0) is 15.1. The summed E-state index contributed by atoms with van der Waals surface area (Å²) < 4.78 is 5.19. The summed E-state index contributed by atoms with van der Waals surface area (Å²) in [6.07, 6.45) is 3.55. The first-order valence-corrected chi connectivity index (χ1v) is 7.28. The van der Waals surface area contributed by atoms with Crippen LogP contribution in [-0.4, -0.2) is 24.7 Å². The molecule has 0 aliphatic rings. The number of aromatic nitrogens is 1. The van der Waals surface area contributed by atoms with E-state index in [1.54, 1.807) is 13.3 Å². The van der Waals surface area contributed by atoms with E-state index in [4.69, 9.17) is 10.5 Å². The molecule has 0 aliphatic carbocycles. The highest BCUT2D eigenvalue weighted by atomic mass is 16.5. The van der Waals surface area contributed by atoms with Crippen molar-refractivity contribution in [2.24, 2.45) is 0 Å². The number of pyridine rings is 1. The smallest absolute Gasteiger partial charge is 0.126 e. The van der Waals surface area contributed by atoms with E-state index in [0.29, 0.717) is 11.9 Å². The minimum Gasteiger partial charge on any atom is -0.497 e. The predicted octanol–water partition coefficient (Wildman–Crippen LogP) is 2.44. The van der Waals surface area contributed by atoms with Gasteiger partial charge in [-0.3, -0.25) is 0 Å². The predicted molar refractivity (Wildman–Crippen MR) is 86.5 cm³/mol. The van der Waals surface area contributed by atoms with Crippen molar-refractivity contribution in [3.63, 3.8) is 0 Å². The minimum atomic E-state index is 0.342. The number of anilines is 1. The van der Waals surface area contributed by atoms with E-state index < -0.39 is 0 Å². The third kappa shape index (κ3) is 4.46. The first kappa shape index (κ1) is 15.3. The number of benzene rings is 1. The Morgan fingerprint density at radius 2 is 1.95 bits per heavy atom. The van der Waals surface area contributed by atoms with Crippen LogP contribution in [0.25, 0.3) is 0 Å². The summed E-state index contributed by atoms with van der Waals surface area (Å²) in [5.41, 5.74) is 8.32. The quantitative estimate of drug-likeness (QED) is 0.820. The molecule has 2 rings (SSSR count). The number of nitrogen functional groups attached to an aromatic ring is 1. The number of rotatable bonds is 7. The molecule has 1 unspecified atom stereocenters. The summed E-state index contributed by atoms with van der Waals surface area (Å²) in [4.78, 5) is 4.16. The van der Waals surface area contributed by atoms with Gasteiger partial charge in [0, 0.05) is 12.2 Å². The maximum atomic E-state index is 5.94. The Kier molecular flexibility index (Phi) is 5.58. The lowest BCUT2D eigenvalue weighted by Crippen LogP contribution is -2.33. The topological polar surface area (TPSA) is 60.2 Å². The van der Waals surface area contributed by atoms with Crippen molar-refractivity contribution in [2.75, 3.05) is 19.4 Å². The van der Waals surface area contributed by atoms with Crippen LogP contribution in [-0.2, 0) is 12.8 Å². The number of nitrogens with zero attached hydrogens (tertiary/aromatic N) is 1. The van der Waals surface area contributed by atoms with Gasteiger partial charge in [-0.25, -0.2) is 4.98 Å². The number of methoxy groups -OCH3 is 1. The normalized spacial score (nSPS) is 12.1. The SMILES string of the molecule is CCNC(Cc1ccc(OC)cc1)Cc1cccnc1N. The molecular formula is C17H23N3O. The third-order valence-electron chi connectivity index (χ3n) is 3.53. The lowest BCUT2D eigenvalue weighted by molar-refractivity contribution is 0.414. The molecule has 0 saturated carbocycles. The van der Waals surface area contributed by atoms with Crippen LogP contribution in [0, 0.1) is 0 Å². The highest BCUT2D eigenvalue weighted by Crippen LogP contribution is 2.16. The van der Waals surface area contributed by atoms with Crippen molar-refractivity contribution < 1.29 is 4.74 Å². The average molecular weight is 285 g/mol. The summed E-state index contributed by atoms with van der Waals surface area (Å²) >= 11 is 0. The first-order valence-electron chi connectivity index (χ1n) is 7.28. The molecule has 0 fully saturated rings. The Balaban J connectivity index is 2.06. The molecule has 3 N–H and O–H groups in total. The molecule has 2 aromatic rings. The number of hydrogen-bond acceptors (Lipinski definition) is 4. The van der Waals surface area contributed by atoms with Crippen LogP contribution >= 0.6 is 0 Å². The highest BCUT2D eigenvalue weighted by Gasteiger charge is 2.11. The molecule has 4 nitrogen and oxygen atoms in total. The molecule has 112 valence electrons. The lowest BCUT2D eigenvalue weighted by atomic mass is 9.99. The minimum absolute atomic E-state index is 0.342. The molecule has 0 saturated heterocycles. The van der Waals surface area contributed by atoms with Crippen LogP contribution in [0.1, 0.15) is 18.1 Å². The van der Waals surface area contributed by atoms with Gasteiger partial charge in [0.15, 0.2) is 0 Å². The highest BCUT2D eigenvalue weighted by molar-refractivity contribution is 5.39. The Morgan fingerprint density at radius 1 is 1.19 bits per heavy atom. The molecule has 1 atom stereocenters. The van der Waals surface area contributed by atoms with Gasteiger partial charge in [0.25, 0.3) is 0 Å². The molecule has 1 heterocycles. The number of ether oxygens (including phenoxy) is 1. The van der Waals surface area contributed by atoms with Crippen LogP contribution in [0.2, 0.25) is 0 Å². The van der Waals surface area contributed by atoms with E-state index >= 15 is 0 Å². The molecular weight excluding hydrogens is 262 g/mol. The zero-order valence-electron chi connectivity index (χ0n) is 12.7. The summed E-state index contributed by atoms with van der Waals surface area (Å²) in [5, 5.41) is 3.52. The molecule has 21 heavy (non-hydrogen) atoms. The molecule has 0 aliphatic heterocycles. The summed E-state index contributed by atoms with van der Waals surface area (Å²) in [6, 6.07) is 12.5. The van der Waals surface area contributed by atoms with E-state index in [1.807, 2.05) is 24.3 Å². The number of likely N-dealkylation sites (N-methyl/N-ethyl adjacent to an activating group) is 1. The second-order valence-corrected chi connectivity index (χ2v) is 5.06. The molecule has 0 radical (unpaired) electrons. The van der Waals surface area contributed by atoms with Gasteiger partial charge in [0.2, 0.25) is 0 Å². The van der Waals surface area contributed by atoms with Crippen molar-refractivity contribution in [2.45, 2.75) is 25.8 Å². The van der Waals surface area contributed by atoms with E-state index in [0.717, 1.165) is 30.7 Å². The maximum absolute atomic E-state index is 5.94. The van der Waals surface area contributed by atoms with Gasteiger partial charge in [0.05, 0.1) is 7.11 Å². The molecule has 0 spiro atoms. The Bertz CT molecular complexity index is 554. The van der Waals surface area contributed by atoms with Gasteiger partial charge >= 0.3 is 0 Å². The molecule has 4 heteroatoms. The fourth-order valence-electron chi connectivity index (χ4n) is 2.44. The zero-order valence-corrected chi connectivity index (χ0v) is 12.7. The van der Waals surface area contributed by atoms with Crippen LogP contribution in [0.3, 0.4) is 0 Å². The second kappa shape index (κ2) is 7.64. The van der Waals surface area contributed by atoms with Crippen molar-refractivity contribution >= 4 is 5.82 Å². The number of nitrogens with one attached hydrogen (secondary N) is 1. The molecule has 0 amide bonds. The number of nitrogens with two attached hydrogens (primary N) is 1. The third-order valence-corrected chi connectivity index (χ3v) is 3.53. The van der Waals surface area contributed by atoms with Gasteiger partial charge in [-0.05, 0) is 48.7 Å². The Hall–Kier alpha value is -2.07. The molecule has 0 bridgehead atoms. The van der Waals surface area contributed by atoms with E-state index in [9.17, 15) is 0 Å². The van der Waals surface area contributed by atoms with Crippen molar-refractivity contribution in [3.8, 4) is 5.75 Å². The van der Waals surface area contributed by atoms with Crippen LogP contribution < -0.4 is 15.8 Å². The van der Waals surface area contributed by atoms with E-state index in [2.05, 4.69) is 29.4 Å². The Morgan fingerprint density at radius 3 is 2.57 bits per heavy atom. The maximum Gasteiger partial charge on any atom is 0.126 e. The van der Waals surface area contributed by atoms with E-state index in [1.165, 1.54) is 5.56 Å². The van der Waals surface area contributed by atoms with Gasteiger partial charge in [-0.2, -0.15) is 0 Å². The van der Waals surface area contributed by atoms with E-state index in [-0.39, 0.29) is 0 Å². The summed E-state index contributed by atoms with van der Waals surface area (Å²) in [5.74, 6) is 1.50. The van der Waals surface area contributed by atoms with Gasteiger partial charge in [-0.1, -0.05) is 25.1 Å². The van der Waals surface area contributed by atoms with Crippen molar-refractivity contribution in [1.82, 2.24) is 10.3 Å². The first-order chi connectivity index (χ1) is 10.2. The fourth-order valence-corrected chi connectivity index (χ4v) is 2.44. The standard InChI is InChI=1S/C17H23N3O/c1-3-19-15(12-14-5-4-10-20-17(14)18)11-13-6-8-16(21-2)9-7-13/h4-10,15,19H,3,11-12H2,1-2H3,(H2,18,20). The van der Waals surface area contributed by atoms with Crippen LogP contribution in [0.15, 0.2) is 42.6 Å². The lowest BCUT2D eigenvalue weighted by Gasteiger charge is -2.19. The van der Waals surface area contributed by atoms with Gasteiger partial charge in [-0.15, -0.1) is 0 Å². The van der Waals surface area contributed by atoms with Crippen LogP contribution in [0.5, 0.6) is 5.75 Å². The van der Waals surface area contributed by atoms with Gasteiger partial charge < -0.3 is 15.8 Å². The molecule has 1 aromatic carbocycles. The monoisotopic (exact) mass is 285 g/mol. The summed E-state index contributed by atoms with van der Waals surface area (Å²) in [6.45, 7) is 3.05. The molecule has 1 aromatic heterocycles. The van der Waals surface area contributed by atoms with Crippen LogP contribution in [0.4, 0.5) is 5.82 Å². The summed E-state index contributed by atoms with van der Waals surface area (Å²) in [7, 11) is 1.68. The average Bonchev–Trinajstić information content (AvgIpc) is 2.50. The van der Waals surface area contributed by atoms with Crippen molar-refractivity contribution in [3.05, 3.63) is 53.7 Å². The number of hydrogen-bond donors (Lipinski definition) is 2. The largest absolute Gasteiger partial charge is 0.497 e. The fraction of sp³-hybridized carbons (Fsp3) is 0.353.